The Kier molecular flexibility index (Phi) is 7.06. The van der Waals surface area contributed by atoms with Crippen LogP contribution in [0.1, 0.15) is 42.6 Å². The highest BCUT2D eigenvalue weighted by atomic mass is 16.4. The Bertz CT molecular complexity index is 969. The molecule has 0 spiro atoms. The highest BCUT2D eigenvalue weighted by Crippen LogP contribution is 2.32. The van der Waals surface area contributed by atoms with E-state index in [1.807, 2.05) is 31.3 Å². The van der Waals surface area contributed by atoms with Crippen molar-refractivity contribution in [2.24, 2.45) is 7.05 Å². The average molecular weight is 428 g/mol. The lowest BCUT2D eigenvalue weighted by Crippen LogP contribution is -2.55. The molecule has 0 saturated carbocycles. The molecule has 2 saturated heterocycles. The van der Waals surface area contributed by atoms with E-state index in [0.717, 1.165) is 23.7 Å². The van der Waals surface area contributed by atoms with Crippen molar-refractivity contribution in [3.8, 4) is 0 Å². The molecule has 0 radical (unpaired) electrons. The minimum Gasteiger partial charge on any atom is -0.478 e. The first kappa shape index (κ1) is 22.5. The number of rotatable bonds is 4. The summed E-state index contributed by atoms with van der Waals surface area (Å²) in [5, 5.41) is 24.2. The van der Waals surface area contributed by atoms with E-state index in [1.165, 1.54) is 19.3 Å². The number of aromatic nitrogens is 2. The van der Waals surface area contributed by atoms with Crippen molar-refractivity contribution in [2.75, 3.05) is 7.05 Å². The molecule has 0 aliphatic carbocycles. The van der Waals surface area contributed by atoms with Crippen LogP contribution in [0.5, 0.6) is 0 Å². The van der Waals surface area contributed by atoms with E-state index in [0.29, 0.717) is 29.9 Å². The van der Waals surface area contributed by atoms with Crippen LogP contribution < -0.4 is 5.32 Å². The van der Waals surface area contributed by atoms with E-state index in [-0.39, 0.29) is 11.9 Å². The number of fused-ring (bicyclic) bond motifs is 3. The number of carbonyl (C=O) groups is 3. The Labute approximate surface area is 180 Å². The summed E-state index contributed by atoms with van der Waals surface area (Å²) in [4.78, 5) is 34.4. The number of nitrogens with zero attached hydrogens (tertiary/aromatic N) is 3. The van der Waals surface area contributed by atoms with Gasteiger partial charge in [-0.1, -0.05) is 24.6 Å². The Morgan fingerprint density at radius 3 is 2.19 bits per heavy atom. The van der Waals surface area contributed by atoms with Gasteiger partial charge < -0.3 is 20.4 Å². The zero-order valence-electron chi connectivity index (χ0n) is 17.7. The molecule has 2 atom stereocenters. The van der Waals surface area contributed by atoms with E-state index in [4.69, 9.17) is 10.2 Å². The monoisotopic (exact) mass is 428 g/mol. The molecule has 9 heteroatoms. The number of para-hydroxylation sites is 1. The molecule has 3 N–H and O–H groups in total. The number of benzene rings is 1. The highest BCUT2D eigenvalue weighted by molar-refractivity contribution is 6.04. The second-order valence-electron chi connectivity index (χ2n) is 8.04. The van der Waals surface area contributed by atoms with Crippen molar-refractivity contribution in [1.29, 1.82) is 0 Å². The van der Waals surface area contributed by atoms with Gasteiger partial charge in [0.25, 0.3) is 5.91 Å². The molecule has 3 heterocycles. The van der Waals surface area contributed by atoms with Crippen molar-refractivity contribution in [3.05, 3.63) is 42.1 Å². The molecule has 166 valence electrons. The lowest BCUT2D eigenvalue weighted by Gasteiger charge is -2.47. The lowest BCUT2D eigenvalue weighted by molar-refractivity contribution is -0.134. The van der Waals surface area contributed by atoms with Crippen LogP contribution >= 0.6 is 0 Å². The van der Waals surface area contributed by atoms with Gasteiger partial charge in [-0.05, 0) is 38.8 Å². The summed E-state index contributed by atoms with van der Waals surface area (Å²) in [5.41, 5.74) is 1.55. The Morgan fingerprint density at radius 1 is 1.03 bits per heavy atom. The smallest absolute Gasteiger partial charge is 0.328 e. The number of nitrogens with one attached hydrogen (secondary N) is 1. The highest BCUT2D eigenvalue weighted by Gasteiger charge is 2.36. The number of hydrogen-bond acceptors (Lipinski definition) is 5. The maximum absolute atomic E-state index is 12.7. The molecule has 31 heavy (non-hydrogen) atoms. The fourth-order valence-corrected chi connectivity index (χ4v) is 4.51. The first-order chi connectivity index (χ1) is 14.8. The number of amides is 1. The third-order valence-corrected chi connectivity index (χ3v) is 6.02. The molecule has 4 rings (SSSR count). The Hall–Kier alpha value is -3.20. The first-order valence-electron chi connectivity index (χ1n) is 10.3. The predicted molar refractivity (Wildman–Crippen MR) is 115 cm³/mol. The maximum atomic E-state index is 12.7. The largest absolute Gasteiger partial charge is 0.478 e. The van der Waals surface area contributed by atoms with Gasteiger partial charge in [0.15, 0.2) is 5.69 Å². The molecule has 1 aromatic carbocycles. The topological polar surface area (TPSA) is 125 Å². The van der Waals surface area contributed by atoms with Gasteiger partial charge in [-0.3, -0.25) is 9.48 Å². The summed E-state index contributed by atoms with van der Waals surface area (Å²) in [6.07, 6.45) is 7.07. The van der Waals surface area contributed by atoms with Crippen molar-refractivity contribution >= 4 is 28.7 Å². The fourth-order valence-electron chi connectivity index (χ4n) is 4.51. The van der Waals surface area contributed by atoms with Crippen LogP contribution in [-0.2, 0) is 16.6 Å². The minimum atomic E-state index is -1.26. The van der Waals surface area contributed by atoms with Gasteiger partial charge in [-0.2, -0.15) is 5.10 Å². The molecule has 2 aliphatic rings. The third kappa shape index (κ3) is 5.49. The van der Waals surface area contributed by atoms with E-state index < -0.39 is 11.9 Å². The van der Waals surface area contributed by atoms with Gasteiger partial charge in [0.1, 0.15) is 0 Å². The minimum absolute atomic E-state index is 0.0329. The van der Waals surface area contributed by atoms with Gasteiger partial charge >= 0.3 is 11.9 Å². The van der Waals surface area contributed by atoms with Crippen LogP contribution in [0.4, 0.5) is 0 Å². The molecular formula is C22H28N4O5. The zero-order chi connectivity index (χ0) is 22.5. The number of aliphatic carboxylic acids is 2. The van der Waals surface area contributed by atoms with Crippen LogP contribution in [0.3, 0.4) is 0 Å². The summed E-state index contributed by atoms with van der Waals surface area (Å²) < 4.78 is 1.79. The van der Waals surface area contributed by atoms with E-state index >= 15 is 0 Å². The SMILES string of the molecule is CN1[C@H]2CCC[C@H]1CC(NC(=O)c1nn(C)c3ccccc13)C2.O=C(O)/C=C\C(=O)O. The van der Waals surface area contributed by atoms with Crippen molar-refractivity contribution < 1.29 is 24.6 Å². The van der Waals surface area contributed by atoms with Crippen molar-refractivity contribution in [3.63, 3.8) is 0 Å². The zero-order valence-corrected chi connectivity index (χ0v) is 17.7. The number of carboxylic acid groups (broad SMARTS) is 2. The maximum Gasteiger partial charge on any atom is 0.328 e. The standard InChI is InChI=1S/C18H24N4O.C4H4O4/c1-21-13-6-5-7-14(21)11-12(10-13)19-18(23)17-15-8-3-4-9-16(15)22(2)20-17;5-3(6)1-2-4(7)8/h3-4,8-9,12-14H,5-7,10-11H2,1-2H3,(H,19,23);1-2H,(H,5,6)(H,7,8)/b;2-1-/t13-,14-;/m0./s1. The van der Waals surface area contributed by atoms with Gasteiger partial charge in [0, 0.05) is 42.7 Å². The predicted octanol–water partition coefficient (Wildman–Crippen LogP) is 2.03. The van der Waals surface area contributed by atoms with Gasteiger partial charge in [-0.15, -0.1) is 0 Å². The Morgan fingerprint density at radius 2 is 1.61 bits per heavy atom. The number of piperidine rings is 2. The van der Waals surface area contributed by atoms with Crippen molar-refractivity contribution in [2.45, 2.75) is 50.2 Å². The molecule has 1 aromatic heterocycles. The summed E-state index contributed by atoms with van der Waals surface area (Å²) in [6.45, 7) is 0. The molecule has 9 nitrogen and oxygen atoms in total. The number of aryl methyl sites for hydroxylation is 1. The molecule has 2 bridgehead atoms. The summed E-state index contributed by atoms with van der Waals surface area (Å²) in [6, 6.07) is 9.42. The summed E-state index contributed by atoms with van der Waals surface area (Å²) >= 11 is 0. The molecule has 0 unspecified atom stereocenters. The fraction of sp³-hybridized carbons (Fsp3) is 0.455. The van der Waals surface area contributed by atoms with E-state index in [9.17, 15) is 14.4 Å². The van der Waals surface area contributed by atoms with Gasteiger partial charge in [0.2, 0.25) is 0 Å². The quantitative estimate of drug-likeness (QED) is 0.636. The van der Waals surface area contributed by atoms with Crippen LogP contribution in [-0.4, -0.2) is 67.9 Å². The first-order valence-corrected chi connectivity index (χ1v) is 10.3. The molecule has 2 aromatic rings. The summed E-state index contributed by atoms with van der Waals surface area (Å²) in [5.74, 6) is -2.55. The normalized spacial score (nSPS) is 23.2. The van der Waals surface area contributed by atoms with Crippen LogP contribution in [0.25, 0.3) is 10.9 Å². The number of carboxylic acids is 2. The molecule has 1 amide bonds. The van der Waals surface area contributed by atoms with Gasteiger partial charge in [-0.25, -0.2) is 9.59 Å². The molecule has 2 aliphatic heterocycles. The average Bonchev–Trinajstić information content (AvgIpc) is 3.05. The molecule has 2 fully saturated rings. The second kappa shape index (κ2) is 9.74. The van der Waals surface area contributed by atoms with Gasteiger partial charge in [0.05, 0.1) is 5.52 Å². The van der Waals surface area contributed by atoms with Crippen molar-refractivity contribution in [1.82, 2.24) is 20.0 Å². The van der Waals surface area contributed by atoms with Crippen LogP contribution in [0, 0.1) is 0 Å². The van der Waals surface area contributed by atoms with E-state index in [2.05, 4.69) is 22.4 Å². The number of hydrogen-bond donors (Lipinski definition) is 3. The van der Waals surface area contributed by atoms with Crippen LogP contribution in [0.15, 0.2) is 36.4 Å². The second-order valence-corrected chi connectivity index (χ2v) is 8.04. The Balaban J connectivity index is 0.000000293. The number of carbonyl (C=O) groups excluding carboxylic acids is 1. The molecular weight excluding hydrogens is 400 g/mol. The van der Waals surface area contributed by atoms with Crippen LogP contribution in [0.2, 0.25) is 0 Å². The lowest BCUT2D eigenvalue weighted by atomic mass is 9.82. The third-order valence-electron chi connectivity index (χ3n) is 6.02. The van der Waals surface area contributed by atoms with E-state index in [1.54, 1.807) is 4.68 Å². The summed E-state index contributed by atoms with van der Waals surface area (Å²) in [7, 11) is 4.12.